The minimum Gasteiger partial charge on any atom is -0.508 e. The SMILES string of the molecule is COC(=O)c1nnn([C@H]2CC(=NOCc3ccccc3)C3=C[C@H](CCCCO)[C@@H](CCCCO)[C@@H]4c5cc(O)ccc5O[C@@]2(O)[C@H]34)c1C(=O)OC. The van der Waals surface area contributed by atoms with Crippen LogP contribution in [0.1, 0.15) is 89.0 Å². The highest BCUT2D eigenvalue weighted by atomic mass is 16.6. The lowest BCUT2D eigenvalue weighted by molar-refractivity contribution is -0.225. The minimum absolute atomic E-state index is 0.0251. The van der Waals surface area contributed by atoms with Crippen LogP contribution in [0.15, 0.2) is 65.3 Å². The maximum absolute atomic E-state index is 13.3. The van der Waals surface area contributed by atoms with Crippen molar-refractivity contribution in [2.75, 3.05) is 27.4 Å². The van der Waals surface area contributed by atoms with Crippen molar-refractivity contribution in [1.29, 1.82) is 0 Å². The molecule has 51 heavy (non-hydrogen) atoms. The number of allylic oxidation sites excluding steroid dienone is 1. The van der Waals surface area contributed by atoms with Gasteiger partial charge < -0.3 is 39.5 Å². The maximum Gasteiger partial charge on any atom is 0.361 e. The van der Waals surface area contributed by atoms with Crippen LogP contribution in [0.5, 0.6) is 11.5 Å². The van der Waals surface area contributed by atoms with Crippen molar-refractivity contribution in [3.63, 3.8) is 0 Å². The van der Waals surface area contributed by atoms with Gasteiger partial charge in [0.25, 0.3) is 0 Å². The minimum atomic E-state index is -2.08. The first-order valence-corrected chi connectivity index (χ1v) is 17.3. The molecule has 272 valence electrons. The molecule has 2 aromatic carbocycles. The molecule has 0 bridgehead atoms. The number of benzene rings is 2. The van der Waals surface area contributed by atoms with Crippen LogP contribution in [0.4, 0.5) is 0 Å². The van der Waals surface area contributed by atoms with Gasteiger partial charge in [-0.3, -0.25) is 0 Å². The van der Waals surface area contributed by atoms with E-state index in [4.69, 9.17) is 19.0 Å². The number of oxime groups is 1. The molecule has 14 heteroatoms. The van der Waals surface area contributed by atoms with E-state index in [0.29, 0.717) is 48.3 Å². The van der Waals surface area contributed by atoms with Crippen LogP contribution in [0.2, 0.25) is 0 Å². The van der Waals surface area contributed by atoms with Crippen LogP contribution >= 0.6 is 0 Å². The largest absolute Gasteiger partial charge is 0.508 e. The van der Waals surface area contributed by atoms with Crippen molar-refractivity contribution >= 4 is 17.7 Å². The van der Waals surface area contributed by atoms with Gasteiger partial charge in [-0.15, -0.1) is 5.10 Å². The number of phenols is 1. The van der Waals surface area contributed by atoms with E-state index in [9.17, 15) is 30.0 Å². The van der Waals surface area contributed by atoms with Gasteiger partial charge >= 0.3 is 11.9 Å². The first kappa shape index (κ1) is 36.0. The van der Waals surface area contributed by atoms with Gasteiger partial charge in [0, 0.05) is 31.1 Å². The van der Waals surface area contributed by atoms with E-state index in [1.165, 1.54) is 6.07 Å². The molecule has 3 aromatic rings. The number of hydrogen-bond acceptors (Lipinski definition) is 13. The van der Waals surface area contributed by atoms with Crippen LogP contribution < -0.4 is 4.74 Å². The fourth-order valence-electron chi connectivity index (χ4n) is 8.00. The standard InChI is InChI=1S/C37H44N4O10/c1-48-35(45)33-34(36(46)49-2)41(40-38-33)30-20-28(39-50-21-22-10-4-3-5-11-22)26-18-23(12-6-8-16-42)25(13-7-9-17-43)31-27-19-24(44)14-15-29(27)51-37(30,47)32(26)31/h3-5,10-11,14-15,18-19,23,25,30-32,42-44,47H,6-9,12-13,16-17,20-21H2,1-2H3/t23-,25+,30-,31+,32+,37+/m0/s1. The van der Waals surface area contributed by atoms with Crippen LogP contribution in [0.3, 0.4) is 0 Å². The van der Waals surface area contributed by atoms with E-state index in [2.05, 4.69) is 21.5 Å². The van der Waals surface area contributed by atoms with Gasteiger partial charge in [-0.2, -0.15) is 0 Å². The molecule has 2 aliphatic carbocycles. The first-order chi connectivity index (χ1) is 24.7. The Hall–Kier alpha value is -4.79. The monoisotopic (exact) mass is 704 g/mol. The fourth-order valence-corrected chi connectivity index (χ4v) is 8.00. The summed E-state index contributed by atoms with van der Waals surface area (Å²) in [7, 11) is 2.31. The lowest BCUT2D eigenvalue weighted by Gasteiger charge is -2.56. The Balaban J connectivity index is 1.56. The van der Waals surface area contributed by atoms with Crippen LogP contribution in [-0.4, -0.2) is 86.3 Å². The summed E-state index contributed by atoms with van der Waals surface area (Å²) in [5.74, 6) is -4.90. The molecule has 6 atom stereocenters. The highest BCUT2D eigenvalue weighted by Crippen LogP contribution is 2.62. The number of aromatic hydroxyl groups is 1. The van der Waals surface area contributed by atoms with Gasteiger partial charge in [-0.25, -0.2) is 14.3 Å². The zero-order valence-corrected chi connectivity index (χ0v) is 28.7. The molecule has 1 aliphatic heterocycles. The van der Waals surface area contributed by atoms with Crippen molar-refractivity contribution in [2.24, 2.45) is 22.9 Å². The number of fused-ring (bicyclic) bond motifs is 2. The molecular weight excluding hydrogens is 660 g/mol. The summed E-state index contributed by atoms with van der Waals surface area (Å²) in [4.78, 5) is 32.0. The van der Waals surface area contributed by atoms with Gasteiger partial charge in [0.05, 0.1) is 25.8 Å². The molecule has 14 nitrogen and oxygen atoms in total. The molecule has 0 radical (unpaired) electrons. The number of unbranched alkanes of at least 4 members (excludes halogenated alkanes) is 2. The van der Waals surface area contributed by atoms with Crippen molar-refractivity contribution in [3.05, 3.63) is 82.7 Å². The molecule has 1 saturated carbocycles. The zero-order valence-electron chi connectivity index (χ0n) is 28.7. The number of aliphatic hydroxyl groups excluding tert-OH is 2. The normalized spacial score (nSPS) is 25.6. The van der Waals surface area contributed by atoms with E-state index in [1.54, 1.807) is 12.1 Å². The van der Waals surface area contributed by atoms with Gasteiger partial charge in [0.2, 0.25) is 11.5 Å². The lowest BCUT2D eigenvalue weighted by Crippen LogP contribution is -2.62. The molecule has 2 heterocycles. The third kappa shape index (κ3) is 6.95. The van der Waals surface area contributed by atoms with E-state index < -0.39 is 35.6 Å². The van der Waals surface area contributed by atoms with Gasteiger partial charge in [0.1, 0.15) is 24.1 Å². The predicted octanol–water partition coefficient (Wildman–Crippen LogP) is 4.05. The highest BCUT2D eigenvalue weighted by molar-refractivity contribution is 6.03. The molecule has 1 aromatic heterocycles. The topological polar surface area (TPSA) is 195 Å². The van der Waals surface area contributed by atoms with E-state index in [1.807, 2.05) is 30.3 Å². The number of carbonyl (C=O) groups excluding carboxylic acids is 2. The van der Waals surface area contributed by atoms with Gasteiger partial charge in [-0.1, -0.05) is 59.6 Å². The average molecular weight is 705 g/mol. The van der Waals surface area contributed by atoms with Gasteiger partial charge in [-0.05, 0) is 66.9 Å². The number of aliphatic hydroxyl groups is 3. The summed E-state index contributed by atoms with van der Waals surface area (Å²) in [6.45, 7) is 0.260. The predicted molar refractivity (Wildman–Crippen MR) is 182 cm³/mol. The fraction of sp³-hybridized carbons (Fsp3) is 0.486. The Morgan fingerprint density at radius 3 is 2.43 bits per heavy atom. The quantitative estimate of drug-likeness (QED) is 0.107. The lowest BCUT2D eigenvalue weighted by atomic mass is 9.55. The van der Waals surface area contributed by atoms with E-state index in [0.717, 1.165) is 37.3 Å². The number of esters is 2. The second-order valence-electron chi connectivity index (χ2n) is 13.2. The third-order valence-electron chi connectivity index (χ3n) is 10.3. The Bertz CT molecular complexity index is 1780. The second-order valence-corrected chi connectivity index (χ2v) is 13.2. The number of aromatic nitrogens is 3. The molecule has 0 spiro atoms. The number of carbonyl (C=O) groups is 2. The van der Waals surface area contributed by atoms with Crippen LogP contribution in [-0.2, 0) is 20.9 Å². The van der Waals surface area contributed by atoms with Crippen LogP contribution in [0.25, 0.3) is 0 Å². The van der Waals surface area contributed by atoms with Crippen molar-refractivity contribution in [1.82, 2.24) is 15.0 Å². The molecule has 4 N–H and O–H groups in total. The van der Waals surface area contributed by atoms with E-state index in [-0.39, 0.29) is 55.2 Å². The molecular formula is C37H44N4O10. The molecule has 1 fully saturated rings. The summed E-state index contributed by atoms with van der Waals surface area (Å²) in [6.07, 6.45) is 6.17. The molecule has 0 amide bonds. The first-order valence-electron chi connectivity index (χ1n) is 17.3. The van der Waals surface area contributed by atoms with E-state index >= 15 is 0 Å². The molecule has 3 aliphatic rings. The Labute approximate surface area is 295 Å². The number of ether oxygens (including phenoxy) is 3. The van der Waals surface area contributed by atoms with Gasteiger partial charge in [0.15, 0.2) is 5.69 Å². The van der Waals surface area contributed by atoms with Crippen molar-refractivity contribution < 1.29 is 49.1 Å². The number of nitrogens with zero attached hydrogens (tertiary/aromatic N) is 4. The summed E-state index contributed by atoms with van der Waals surface area (Å²) in [5, 5.41) is 56.0. The summed E-state index contributed by atoms with van der Waals surface area (Å²) < 4.78 is 17.6. The average Bonchev–Trinajstić information content (AvgIpc) is 3.58. The molecule has 0 unspecified atom stereocenters. The number of methoxy groups -OCH3 is 2. The molecule has 6 rings (SSSR count). The van der Waals surface area contributed by atoms with Crippen molar-refractivity contribution in [3.8, 4) is 11.5 Å². The Morgan fingerprint density at radius 1 is 1.00 bits per heavy atom. The Morgan fingerprint density at radius 2 is 1.73 bits per heavy atom. The maximum atomic E-state index is 13.3. The van der Waals surface area contributed by atoms with Crippen LogP contribution in [0, 0.1) is 17.8 Å². The zero-order chi connectivity index (χ0) is 36.1. The highest BCUT2D eigenvalue weighted by Gasteiger charge is 2.64. The molecule has 0 saturated heterocycles. The third-order valence-corrected chi connectivity index (χ3v) is 10.3. The number of hydrogen-bond donors (Lipinski definition) is 4. The smallest absolute Gasteiger partial charge is 0.361 e. The summed E-state index contributed by atoms with van der Waals surface area (Å²) in [6, 6.07) is 13.1. The summed E-state index contributed by atoms with van der Waals surface area (Å²) in [5.41, 5.74) is 2.05. The van der Waals surface area contributed by atoms with Crippen molar-refractivity contribution in [2.45, 2.75) is 69.3 Å². The Kier molecular flexibility index (Phi) is 11.0. The number of rotatable bonds is 14. The number of phenolic OH excluding ortho intramolecular Hbond substituents is 1. The second kappa shape index (κ2) is 15.6. The summed E-state index contributed by atoms with van der Waals surface area (Å²) >= 11 is 0.